The molecule has 0 aliphatic carbocycles. The van der Waals surface area contributed by atoms with E-state index < -0.39 is 0 Å². The van der Waals surface area contributed by atoms with Crippen LogP contribution >= 0.6 is 11.6 Å². The highest BCUT2D eigenvalue weighted by Crippen LogP contribution is 2.12. The lowest BCUT2D eigenvalue weighted by atomic mass is 10.3. The Morgan fingerprint density at radius 1 is 1.25 bits per heavy atom. The van der Waals surface area contributed by atoms with Gasteiger partial charge in [0.05, 0.1) is 0 Å². The molecule has 1 aromatic carbocycles. The Bertz CT molecular complexity index is 324. The van der Waals surface area contributed by atoms with Crippen molar-refractivity contribution in [1.82, 2.24) is 5.32 Å². The molecule has 0 radical (unpaired) electrons. The number of hydrogen-bond donors (Lipinski definition) is 2. The van der Waals surface area contributed by atoms with Crippen molar-refractivity contribution in [3.8, 4) is 0 Å². The van der Waals surface area contributed by atoms with Crippen LogP contribution in [-0.4, -0.2) is 19.0 Å². The number of hydrogen-bond acceptors (Lipinski definition) is 2. The molecule has 0 aliphatic rings. The molecule has 1 rings (SSSR count). The molecule has 0 unspecified atom stereocenters. The zero-order valence-corrected chi connectivity index (χ0v) is 10.2. The number of carbonyl (C=O) groups excluding carboxylic acids is 1. The van der Waals surface area contributed by atoms with Crippen LogP contribution in [0.5, 0.6) is 0 Å². The van der Waals surface area contributed by atoms with E-state index in [0.29, 0.717) is 18.0 Å². The summed E-state index contributed by atoms with van der Waals surface area (Å²) in [5, 5.41) is 6.70. The third-order valence-electron chi connectivity index (χ3n) is 2.10. The molecule has 0 aliphatic heterocycles. The normalized spacial score (nSPS) is 9.88. The van der Waals surface area contributed by atoms with Gasteiger partial charge in [0.15, 0.2) is 0 Å². The first-order chi connectivity index (χ1) is 7.72. The van der Waals surface area contributed by atoms with Gasteiger partial charge < -0.3 is 10.6 Å². The number of amides is 1. The molecule has 2 N–H and O–H groups in total. The van der Waals surface area contributed by atoms with E-state index in [4.69, 9.17) is 11.6 Å². The second-order valence-corrected chi connectivity index (χ2v) is 3.97. The highest BCUT2D eigenvalue weighted by atomic mass is 35.5. The molecule has 1 amide bonds. The Morgan fingerprint density at radius 2 is 1.94 bits per heavy atom. The standard InChI is InChI=1S/C12H17ClN2O/c1-2-8-15-12(16)7-9-14-11-5-3-10(13)4-6-11/h3-6,14H,2,7-9H2,1H3,(H,15,16). The van der Waals surface area contributed by atoms with Gasteiger partial charge in [-0.2, -0.15) is 0 Å². The summed E-state index contributed by atoms with van der Waals surface area (Å²) < 4.78 is 0. The fourth-order valence-electron chi connectivity index (χ4n) is 1.24. The molecule has 0 saturated carbocycles. The Labute approximate surface area is 101 Å². The topological polar surface area (TPSA) is 41.1 Å². The maximum absolute atomic E-state index is 11.3. The summed E-state index contributed by atoms with van der Waals surface area (Å²) in [5.74, 6) is 0.0864. The third kappa shape index (κ3) is 5.03. The van der Waals surface area contributed by atoms with Crippen molar-refractivity contribution >= 4 is 23.2 Å². The number of rotatable bonds is 6. The molecule has 0 bridgehead atoms. The lowest BCUT2D eigenvalue weighted by Crippen LogP contribution is -2.25. The minimum absolute atomic E-state index is 0.0864. The largest absolute Gasteiger partial charge is 0.385 e. The lowest BCUT2D eigenvalue weighted by Gasteiger charge is -2.06. The summed E-state index contributed by atoms with van der Waals surface area (Å²) in [6.45, 7) is 3.42. The Kier molecular flexibility index (Phi) is 5.72. The molecular weight excluding hydrogens is 224 g/mol. The number of benzene rings is 1. The molecule has 1 aromatic rings. The molecule has 3 nitrogen and oxygen atoms in total. The lowest BCUT2D eigenvalue weighted by molar-refractivity contribution is -0.120. The van der Waals surface area contributed by atoms with E-state index in [-0.39, 0.29) is 5.91 Å². The molecular formula is C12H17ClN2O. The van der Waals surface area contributed by atoms with Gasteiger partial charge in [0.2, 0.25) is 5.91 Å². The zero-order valence-electron chi connectivity index (χ0n) is 9.42. The molecule has 0 heterocycles. The smallest absolute Gasteiger partial charge is 0.221 e. The second-order valence-electron chi connectivity index (χ2n) is 3.53. The van der Waals surface area contributed by atoms with Gasteiger partial charge in [0.25, 0.3) is 0 Å². The maximum Gasteiger partial charge on any atom is 0.221 e. The molecule has 0 fully saturated rings. The molecule has 0 atom stereocenters. The van der Waals surface area contributed by atoms with Crippen LogP contribution in [-0.2, 0) is 4.79 Å². The second kappa shape index (κ2) is 7.12. The number of halogens is 1. The zero-order chi connectivity index (χ0) is 11.8. The van der Waals surface area contributed by atoms with Crippen molar-refractivity contribution in [1.29, 1.82) is 0 Å². The van der Waals surface area contributed by atoms with Crippen molar-refractivity contribution in [2.45, 2.75) is 19.8 Å². The number of nitrogens with one attached hydrogen (secondary N) is 2. The van der Waals surface area contributed by atoms with Crippen LogP contribution in [0.3, 0.4) is 0 Å². The monoisotopic (exact) mass is 240 g/mol. The van der Waals surface area contributed by atoms with Crippen LogP contribution in [0.4, 0.5) is 5.69 Å². The van der Waals surface area contributed by atoms with Gasteiger partial charge in [-0.1, -0.05) is 18.5 Å². The van der Waals surface area contributed by atoms with Crippen LogP contribution in [0.2, 0.25) is 5.02 Å². The van der Waals surface area contributed by atoms with Gasteiger partial charge in [0.1, 0.15) is 0 Å². The van der Waals surface area contributed by atoms with Crippen molar-refractivity contribution in [2.24, 2.45) is 0 Å². The average Bonchev–Trinajstić information content (AvgIpc) is 2.29. The summed E-state index contributed by atoms with van der Waals surface area (Å²) in [4.78, 5) is 11.3. The number of carbonyl (C=O) groups is 1. The molecule has 0 aromatic heterocycles. The van der Waals surface area contributed by atoms with E-state index in [2.05, 4.69) is 10.6 Å². The van der Waals surface area contributed by atoms with Gasteiger partial charge in [0, 0.05) is 30.2 Å². The van der Waals surface area contributed by atoms with Crippen LogP contribution in [0, 0.1) is 0 Å². The van der Waals surface area contributed by atoms with Gasteiger partial charge in [-0.25, -0.2) is 0 Å². The van der Waals surface area contributed by atoms with E-state index in [9.17, 15) is 4.79 Å². The third-order valence-corrected chi connectivity index (χ3v) is 2.35. The van der Waals surface area contributed by atoms with Crippen LogP contribution in [0.25, 0.3) is 0 Å². The first kappa shape index (κ1) is 12.8. The van der Waals surface area contributed by atoms with Crippen LogP contribution in [0.1, 0.15) is 19.8 Å². The fraction of sp³-hybridized carbons (Fsp3) is 0.417. The molecule has 16 heavy (non-hydrogen) atoms. The minimum atomic E-state index is 0.0864. The van der Waals surface area contributed by atoms with Gasteiger partial charge in [-0.15, -0.1) is 0 Å². The SMILES string of the molecule is CCCNC(=O)CCNc1ccc(Cl)cc1. The predicted octanol–water partition coefficient (Wildman–Crippen LogP) is 2.67. The van der Waals surface area contributed by atoms with Crippen LogP contribution < -0.4 is 10.6 Å². The molecule has 88 valence electrons. The van der Waals surface area contributed by atoms with Gasteiger partial charge in [-0.05, 0) is 30.7 Å². The summed E-state index contributed by atoms with van der Waals surface area (Å²) in [5.41, 5.74) is 0.979. The van der Waals surface area contributed by atoms with E-state index in [1.807, 2.05) is 31.2 Å². The van der Waals surface area contributed by atoms with E-state index in [1.165, 1.54) is 0 Å². The van der Waals surface area contributed by atoms with Crippen molar-refractivity contribution in [3.05, 3.63) is 29.3 Å². The average molecular weight is 241 g/mol. The van der Waals surface area contributed by atoms with Gasteiger partial charge in [-0.3, -0.25) is 4.79 Å². The molecule has 4 heteroatoms. The molecule has 0 saturated heterocycles. The first-order valence-corrected chi connectivity index (χ1v) is 5.86. The summed E-state index contributed by atoms with van der Waals surface area (Å²) in [6, 6.07) is 7.43. The first-order valence-electron chi connectivity index (χ1n) is 5.48. The van der Waals surface area contributed by atoms with E-state index in [0.717, 1.165) is 18.7 Å². The molecule has 0 spiro atoms. The Balaban J connectivity index is 2.20. The van der Waals surface area contributed by atoms with Crippen molar-refractivity contribution < 1.29 is 4.79 Å². The van der Waals surface area contributed by atoms with E-state index >= 15 is 0 Å². The van der Waals surface area contributed by atoms with E-state index in [1.54, 1.807) is 0 Å². The van der Waals surface area contributed by atoms with Crippen LogP contribution in [0.15, 0.2) is 24.3 Å². The highest BCUT2D eigenvalue weighted by Gasteiger charge is 1.99. The quantitative estimate of drug-likeness (QED) is 0.803. The summed E-state index contributed by atoms with van der Waals surface area (Å²) in [7, 11) is 0. The maximum atomic E-state index is 11.3. The minimum Gasteiger partial charge on any atom is -0.385 e. The summed E-state index contributed by atoms with van der Waals surface area (Å²) in [6.07, 6.45) is 1.46. The Morgan fingerprint density at radius 3 is 2.56 bits per heavy atom. The highest BCUT2D eigenvalue weighted by molar-refractivity contribution is 6.30. The number of anilines is 1. The Hall–Kier alpha value is -1.22. The van der Waals surface area contributed by atoms with Gasteiger partial charge >= 0.3 is 0 Å². The summed E-state index contributed by atoms with van der Waals surface area (Å²) >= 11 is 5.76. The fourth-order valence-corrected chi connectivity index (χ4v) is 1.37. The van der Waals surface area contributed by atoms with Crippen molar-refractivity contribution in [3.63, 3.8) is 0 Å². The van der Waals surface area contributed by atoms with Crippen molar-refractivity contribution in [2.75, 3.05) is 18.4 Å². The predicted molar refractivity (Wildman–Crippen MR) is 67.9 cm³/mol.